The van der Waals surface area contributed by atoms with Crippen molar-refractivity contribution in [2.75, 3.05) is 4.90 Å². The molecule has 0 atom stereocenters. The van der Waals surface area contributed by atoms with Crippen LogP contribution < -0.4 is 4.90 Å². The molecule has 4 heteroatoms. The summed E-state index contributed by atoms with van der Waals surface area (Å²) in [6.45, 7) is 24.5. The van der Waals surface area contributed by atoms with Gasteiger partial charge in [0, 0.05) is 93.1 Å². The molecule has 5 aliphatic carbocycles. The Morgan fingerprint density at radius 1 is 0.237 bits per heavy atom. The molecule has 21 rings (SSSR count). The van der Waals surface area contributed by atoms with E-state index in [0.29, 0.717) is 0 Å². The van der Waals surface area contributed by atoms with E-state index in [1.54, 1.807) is 0 Å². The number of benzene rings is 13. The number of fused-ring (bicyclic) bond motifs is 31. The molecular weight excluding hydrogens is 1180 g/mol. The number of hydrogen-bond acceptors (Lipinski definition) is 4. The topological polar surface area (TPSA) is 42.7 Å². The fraction of sp³-hybridized carbons (Fsp3) is 0.161. The quantitative estimate of drug-likeness (QED) is 0.172. The van der Waals surface area contributed by atoms with Crippen LogP contribution in [0.25, 0.3) is 144 Å². The lowest BCUT2D eigenvalue weighted by Crippen LogP contribution is -2.24. The Kier molecular flexibility index (Phi) is 10.5. The van der Waals surface area contributed by atoms with Gasteiger partial charge in [-0.15, -0.1) is 0 Å². The van der Waals surface area contributed by atoms with Gasteiger partial charge < -0.3 is 18.2 Å². The maximum Gasteiger partial charge on any atom is 0.144 e. The second-order valence-corrected chi connectivity index (χ2v) is 30.9. The van der Waals surface area contributed by atoms with E-state index >= 15 is 0 Å². The lowest BCUT2D eigenvalue weighted by molar-refractivity contribution is 0.600. The number of anilines is 3. The van der Waals surface area contributed by atoms with Crippen molar-refractivity contribution in [3.63, 3.8) is 0 Å². The average Bonchev–Trinajstić information content (AvgIpc) is 1.51. The van der Waals surface area contributed by atoms with Crippen molar-refractivity contribution in [1.29, 1.82) is 0 Å². The number of nitrogens with zero attached hydrogens (tertiary/aromatic N) is 1. The fourth-order valence-corrected chi connectivity index (χ4v) is 19.7. The molecule has 0 N–H and O–H groups in total. The van der Waals surface area contributed by atoms with Crippen LogP contribution >= 0.6 is 0 Å². The molecule has 0 fully saturated rings. The van der Waals surface area contributed by atoms with Crippen LogP contribution in [0.1, 0.15) is 125 Å². The Hall–Kier alpha value is -10.9. The largest absolute Gasteiger partial charge is 0.455 e. The molecule has 0 bridgehead atoms. The maximum atomic E-state index is 7.23. The lowest BCUT2D eigenvalue weighted by atomic mass is 9.72. The molecule has 0 spiro atoms. The molecular formula is C93H69NO3. The highest BCUT2D eigenvalue weighted by molar-refractivity contribution is 6.23. The molecule has 0 amide bonds. The Morgan fingerprint density at radius 2 is 0.598 bits per heavy atom. The number of hydrogen-bond donors (Lipinski definition) is 0. The molecule has 0 saturated carbocycles. The van der Waals surface area contributed by atoms with E-state index in [1.807, 2.05) is 0 Å². The van der Waals surface area contributed by atoms with Gasteiger partial charge in [-0.05, 0) is 184 Å². The Balaban J connectivity index is 0.803. The standard InChI is InChI=1S/C93H69NO3/c1-89(2)67-46-53(39-42-58(67)74-70(89)49-64(86-77(74)61-31-16-21-36-71(61)95-86)52-28-24-27-51(45-52)50-25-12-11-13-26-50)94(54-40-43-59-68(47-54)92(7,8)83-76(59)79-63-33-18-23-38-73(63)96-87(79)80-57-30-15-20-35-66(57)91(5,6)84(80)83)55-41-44-60-69(48-55)93(9,10)85-81(60)88-78(62-32-17-22-37-72(62)97-88)75-56-29-14-19-34-65(56)90(3,4)82(75)85/h11-49H,1-10H3. The van der Waals surface area contributed by atoms with Gasteiger partial charge in [-0.2, -0.15) is 0 Å². The Bertz CT molecular complexity index is 6290. The summed E-state index contributed by atoms with van der Waals surface area (Å²) in [7, 11) is 0. The summed E-state index contributed by atoms with van der Waals surface area (Å²) in [6, 6.07) is 88.4. The van der Waals surface area contributed by atoms with Gasteiger partial charge in [-0.25, -0.2) is 0 Å². The van der Waals surface area contributed by atoms with E-state index < -0.39 is 16.2 Å². The first-order valence-corrected chi connectivity index (χ1v) is 34.6. The van der Waals surface area contributed by atoms with Crippen molar-refractivity contribution in [3.05, 3.63) is 292 Å². The summed E-state index contributed by atoms with van der Waals surface area (Å²) in [4.78, 5) is 2.58. The lowest BCUT2D eigenvalue weighted by Gasteiger charge is -2.33. The van der Waals surface area contributed by atoms with Crippen LogP contribution in [-0.4, -0.2) is 0 Å². The van der Waals surface area contributed by atoms with E-state index in [9.17, 15) is 0 Å². The molecule has 0 saturated heterocycles. The summed E-state index contributed by atoms with van der Waals surface area (Å²) in [5.74, 6) is 0. The van der Waals surface area contributed by atoms with Gasteiger partial charge in [0.15, 0.2) is 0 Å². The summed E-state index contributed by atoms with van der Waals surface area (Å²) in [5, 5.41) is 7.03. The molecule has 0 radical (unpaired) electrons. The highest BCUT2D eigenvalue weighted by Crippen LogP contribution is 2.67. The third-order valence-corrected chi connectivity index (χ3v) is 24.1. The van der Waals surface area contributed by atoms with Crippen molar-refractivity contribution in [2.45, 2.75) is 96.3 Å². The monoisotopic (exact) mass is 1250 g/mol. The molecule has 0 aliphatic heterocycles. The van der Waals surface area contributed by atoms with Crippen molar-refractivity contribution >= 4 is 82.9 Å². The van der Waals surface area contributed by atoms with E-state index in [-0.39, 0.29) is 10.8 Å². The second kappa shape index (κ2) is 18.3. The third-order valence-electron chi connectivity index (χ3n) is 24.1. The molecule has 3 heterocycles. The molecule has 0 unspecified atom stereocenters. The summed E-state index contributed by atoms with van der Waals surface area (Å²) < 4.78 is 21.5. The predicted molar refractivity (Wildman–Crippen MR) is 402 cm³/mol. The predicted octanol–water partition coefficient (Wildman–Crippen LogP) is 25.7. The molecule has 97 heavy (non-hydrogen) atoms. The van der Waals surface area contributed by atoms with E-state index in [0.717, 1.165) is 77.8 Å². The summed E-state index contributed by atoms with van der Waals surface area (Å²) in [5.41, 5.74) is 37.8. The minimum Gasteiger partial charge on any atom is -0.455 e. The zero-order chi connectivity index (χ0) is 65.3. The number of rotatable bonds is 5. The minimum absolute atomic E-state index is 0.270. The van der Waals surface area contributed by atoms with E-state index in [1.165, 1.54) is 139 Å². The van der Waals surface area contributed by atoms with Crippen LogP contribution in [-0.2, 0) is 27.1 Å². The first-order valence-electron chi connectivity index (χ1n) is 34.6. The van der Waals surface area contributed by atoms with Gasteiger partial charge >= 0.3 is 0 Å². The van der Waals surface area contributed by atoms with Gasteiger partial charge in [0.2, 0.25) is 0 Å². The van der Waals surface area contributed by atoms with E-state index in [4.69, 9.17) is 13.3 Å². The van der Waals surface area contributed by atoms with Gasteiger partial charge in [0.05, 0.1) is 0 Å². The van der Waals surface area contributed by atoms with Crippen molar-refractivity contribution in [1.82, 2.24) is 0 Å². The van der Waals surface area contributed by atoms with Crippen LogP contribution in [0.4, 0.5) is 17.1 Å². The zero-order valence-electron chi connectivity index (χ0n) is 56.2. The molecule has 4 nitrogen and oxygen atoms in total. The molecule has 3 aromatic heterocycles. The third kappa shape index (κ3) is 6.83. The highest BCUT2D eigenvalue weighted by atomic mass is 16.3. The Labute approximate surface area is 564 Å². The first-order chi connectivity index (χ1) is 46.9. The molecule has 464 valence electrons. The van der Waals surface area contributed by atoms with Gasteiger partial charge in [0.25, 0.3) is 0 Å². The maximum absolute atomic E-state index is 7.23. The van der Waals surface area contributed by atoms with Gasteiger partial charge in [-0.3, -0.25) is 0 Å². The van der Waals surface area contributed by atoms with Crippen LogP contribution in [0, 0.1) is 0 Å². The van der Waals surface area contributed by atoms with Crippen LogP contribution in [0.2, 0.25) is 0 Å². The number of para-hydroxylation sites is 3. The smallest absolute Gasteiger partial charge is 0.144 e. The first kappa shape index (κ1) is 55.4. The summed E-state index contributed by atoms with van der Waals surface area (Å²) >= 11 is 0. The molecule has 5 aliphatic rings. The molecule has 16 aromatic rings. The van der Waals surface area contributed by atoms with Crippen LogP contribution in [0.15, 0.2) is 250 Å². The normalized spacial score (nSPS) is 16.1. The SMILES string of the molecule is CC1(C)c2cc(N(c3ccc4c(c3)C(C)(C)c3c5c(c6c(oc7ccccc76)c3-4)-c3ccccc3C5(C)C)c3ccc4c(c3)C(C)(C)c3c5c(c6oc7ccccc7c6c3-4)-c3ccccc3C5(C)C)ccc2-c2c1cc(-c1cccc(-c3ccccc3)c1)c1oc3ccccc3c21. The zero-order valence-corrected chi connectivity index (χ0v) is 56.2. The second-order valence-electron chi connectivity index (χ2n) is 30.9. The van der Waals surface area contributed by atoms with Crippen LogP contribution in [0.5, 0.6) is 0 Å². The Morgan fingerprint density at radius 3 is 1.11 bits per heavy atom. The van der Waals surface area contributed by atoms with Crippen molar-refractivity contribution in [2.24, 2.45) is 0 Å². The van der Waals surface area contributed by atoms with Crippen molar-refractivity contribution in [3.8, 4) is 77.9 Å². The highest BCUT2D eigenvalue weighted by Gasteiger charge is 2.51. The van der Waals surface area contributed by atoms with Gasteiger partial charge in [0.1, 0.15) is 33.5 Å². The summed E-state index contributed by atoms with van der Waals surface area (Å²) in [6.07, 6.45) is 0. The van der Waals surface area contributed by atoms with Crippen LogP contribution in [0.3, 0.4) is 0 Å². The van der Waals surface area contributed by atoms with E-state index in [2.05, 4.69) is 311 Å². The minimum atomic E-state index is -0.424. The molecule has 13 aromatic carbocycles. The number of furan rings is 3. The fourth-order valence-electron chi connectivity index (χ4n) is 19.7. The average molecular weight is 1250 g/mol. The van der Waals surface area contributed by atoms with Gasteiger partial charge in [-0.1, -0.05) is 239 Å². The van der Waals surface area contributed by atoms with Crippen molar-refractivity contribution < 1.29 is 13.3 Å².